The lowest BCUT2D eigenvalue weighted by molar-refractivity contribution is 0.222. The van der Waals surface area contributed by atoms with Crippen LogP contribution < -0.4 is 0 Å². The van der Waals surface area contributed by atoms with Crippen molar-refractivity contribution in [1.29, 1.82) is 0 Å². The first-order valence-corrected chi connectivity index (χ1v) is 15.6. The fourth-order valence-electron chi connectivity index (χ4n) is 6.39. The van der Waals surface area contributed by atoms with Gasteiger partial charge >= 0.3 is 0 Å². The average Bonchev–Trinajstić information content (AvgIpc) is 3.15. The van der Waals surface area contributed by atoms with Crippen molar-refractivity contribution in [3.05, 3.63) is 47.5 Å². The van der Waals surface area contributed by atoms with Crippen LogP contribution in [0.25, 0.3) is 11.1 Å². The number of fused-ring (bicyclic) bond motifs is 3. The number of hydrogen-bond acceptors (Lipinski definition) is 4. The first-order chi connectivity index (χ1) is 16.4. The van der Waals surface area contributed by atoms with Gasteiger partial charge in [0.1, 0.15) is 0 Å². The van der Waals surface area contributed by atoms with Gasteiger partial charge in [-0.05, 0) is 89.5 Å². The van der Waals surface area contributed by atoms with Crippen molar-refractivity contribution in [3.8, 4) is 11.1 Å². The summed E-state index contributed by atoms with van der Waals surface area (Å²) in [6.45, 7) is 10.6. The summed E-state index contributed by atoms with van der Waals surface area (Å²) in [6, 6.07) is 10.7. The van der Waals surface area contributed by atoms with Crippen LogP contribution in [0.3, 0.4) is 0 Å². The molecule has 35 heavy (non-hydrogen) atoms. The molecule has 4 atom stereocenters. The van der Waals surface area contributed by atoms with Crippen molar-refractivity contribution in [1.82, 2.24) is 8.61 Å². The Morgan fingerprint density at radius 2 is 0.943 bits per heavy atom. The topological polar surface area (TPSA) is 74.8 Å². The number of benzene rings is 2. The molecule has 2 saturated heterocycles. The average molecular weight is 517 g/mol. The van der Waals surface area contributed by atoms with Gasteiger partial charge < -0.3 is 0 Å². The van der Waals surface area contributed by atoms with Gasteiger partial charge in [-0.2, -0.15) is 8.61 Å². The zero-order valence-electron chi connectivity index (χ0n) is 21.1. The molecule has 0 bridgehead atoms. The molecule has 2 aliphatic heterocycles. The number of sulfonamides is 2. The van der Waals surface area contributed by atoms with E-state index in [1.165, 1.54) is 0 Å². The molecule has 3 aliphatic rings. The quantitative estimate of drug-likeness (QED) is 0.508. The minimum atomic E-state index is -3.56. The van der Waals surface area contributed by atoms with E-state index < -0.39 is 20.0 Å². The van der Waals surface area contributed by atoms with Gasteiger partial charge in [0, 0.05) is 26.2 Å². The van der Waals surface area contributed by atoms with Gasteiger partial charge in [0.05, 0.1) is 9.79 Å². The van der Waals surface area contributed by atoms with E-state index >= 15 is 0 Å². The van der Waals surface area contributed by atoms with Crippen molar-refractivity contribution in [3.63, 3.8) is 0 Å². The highest BCUT2D eigenvalue weighted by atomic mass is 32.2. The molecular weight excluding hydrogens is 480 g/mol. The maximum Gasteiger partial charge on any atom is 0.243 e. The highest BCUT2D eigenvalue weighted by Crippen LogP contribution is 2.40. The molecule has 190 valence electrons. The highest BCUT2D eigenvalue weighted by Gasteiger charge is 2.34. The second-order valence-corrected chi connectivity index (χ2v) is 15.2. The van der Waals surface area contributed by atoms with Crippen LogP contribution in [0.15, 0.2) is 46.2 Å². The molecule has 2 fully saturated rings. The fraction of sp³-hybridized carbons (Fsp3) is 0.556. The van der Waals surface area contributed by atoms with Crippen LogP contribution in [0.4, 0.5) is 0 Å². The number of rotatable bonds is 4. The molecule has 0 saturated carbocycles. The van der Waals surface area contributed by atoms with E-state index in [1.54, 1.807) is 32.9 Å². The van der Waals surface area contributed by atoms with Crippen molar-refractivity contribution in [2.75, 3.05) is 26.2 Å². The van der Waals surface area contributed by atoms with Crippen LogP contribution in [0, 0.1) is 23.7 Å². The molecule has 0 spiro atoms. The van der Waals surface area contributed by atoms with Crippen molar-refractivity contribution < 1.29 is 16.8 Å². The molecule has 5 rings (SSSR count). The summed E-state index contributed by atoms with van der Waals surface area (Å²) in [6.07, 6.45) is 2.63. The van der Waals surface area contributed by atoms with E-state index in [1.807, 2.05) is 12.1 Å². The predicted octanol–water partition coefficient (Wildman–Crippen LogP) is 4.59. The Balaban J connectivity index is 1.42. The summed E-state index contributed by atoms with van der Waals surface area (Å²) in [5, 5.41) is 0. The second-order valence-electron chi connectivity index (χ2n) is 11.4. The van der Waals surface area contributed by atoms with E-state index in [-0.39, 0.29) is 0 Å². The Bertz CT molecular complexity index is 1230. The summed E-state index contributed by atoms with van der Waals surface area (Å²) in [5.74, 6) is 1.38. The third-order valence-corrected chi connectivity index (χ3v) is 11.4. The molecule has 2 aromatic carbocycles. The number of piperidine rings is 2. The normalized spacial score (nSPS) is 28.0. The monoisotopic (exact) mass is 516 g/mol. The van der Waals surface area contributed by atoms with E-state index in [0.29, 0.717) is 66.1 Å². The van der Waals surface area contributed by atoms with Crippen LogP contribution in [-0.4, -0.2) is 51.6 Å². The molecule has 6 nitrogen and oxygen atoms in total. The highest BCUT2D eigenvalue weighted by molar-refractivity contribution is 7.89. The van der Waals surface area contributed by atoms with E-state index in [9.17, 15) is 16.8 Å². The summed E-state index contributed by atoms with van der Waals surface area (Å²) >= 11 is 0. The molecule has 4 unspecified atom stereocenters. The van der Waals surface area contributed by atoms with Gasteiger partial charge in [0.2, 0.25) is 20.0 Å². The summed E-state index contributed by atoms with van der Waals surface area (Å²) in [4.78, 5) is 0.656. The molecule has 8 heteroatoms. The fourth-order valence-corrected chi connectivity index (χ4v) is 9.85. The van der Waals surface area contributed by atoms with Crippen LogP contribution in [0.1, 0.15) is 51.7 Å². The minimum Gasteiger partial charge on any atom is -0.207 e. The van der Waals surface area contributed by atoms with Crippen molar-refractivity contribution >= 4 is 20.0 Å². The molecule has 0 aromatic heterocycles. The molecule has 2 heterocycles. The molecular formula is C27H36N2O4S2. The van der Waals surface area contributed by atoms with E-state index in [0.717, 1.165) is 35.1 Å². The van der Waals surface area contributed by atoms with Gasteiger partial charge in [-0.1, -0.05) is 39.8 Å². The molecule has 0 N–H and O–H groups in total. The lowest BCUT2D eigenvalue weighted by atomic mass is 9.94. The van der Waals surface area contributed by atoms with E-state index in [4.69, 9.17) is 0 Å². The standard InChI is InChI=1S/C27H36N2O4S2/c1-18-9-19(2)15-28(14-18)34(30,31)24-5-7-26-22(12-24)11-23-13-25(6-8-27(23)26)35(32,33)29-16-20(3)10-21(4)17-29/h5-8,12-13,18-21H,9-11,14-17H2,1-4H3. The van der Waals surface area contributed by atoms with E-state index in [2.05, 4.69) is 27.7 Å². The first kappa shape index (κ1) is 24.9. The van der Waals surface area contributed by atoms with Crippen molar-refractivity contribution in [2.45, 2.75) is 56.7 Å². The van der Waals surface area contributed by atoms with Gasteiger partial charge in [0.15, 0.2) is 0 Å². The summed E-state index contributed by atoms with van der Waals surface area (Å²) in [7, 11) is -7.12. The molecule has 0 radical (unpaired) electrons. The SMILES string of the molecule is CC1CC(C)CN(S(=O)(=O)c2ccc3c(c2)Cc2cc(S(=O)(=O)N4CC(C)CC(C)C4)ccc2-3)C1. The van der Waals surface area contributed by atoms with Gasteiger partial charge in [-0.25, -0.2) is 16.8 Å². The second kappa shape index (κ2) is 8.98. The Kier molecular flexibility index (Phi) is 6.39. The largest absolute Gasteiger partial charge is 0.243 e. The molecule has 2 aromatic rings. The summed E-state index contributed by atoms with van der Waals surface area (Å²) < 4.78 is 56.9. The van der Waals surface area contributed by atoms with Crippen LogP contribution >= 0.6 is 0 Å². The number of hydrogen-bond donors (Lipinski definition) is 0. The lowest BCUT2D eigenvalue weighted by Gasteiger charge is -2.34. The van der Waals surface area contributed by atoms with Gasteiger partial charge in [-0.15, -0.1) is 0 Å². The Morgan fingerprint density at radius 1 is 0.600 bits per heavy atom. The zero-order valence-corrected chi connectivity index (χ0v) is 22.7. The molecule has 0 amide bonds. The third-order valence-electron chi connectivity index (χ3n) is 7.77. The van der Waals surface area contributed by atoms with Gasteiger partial charge in [0.25, 0.3) is 0 Å². The zero-order chi connectivity index (χ0) is 25.1. The van der Waals surface area contributed by atoms with Gasteiger partial charge in [-0.3, -0.25) is 0 Å². The molecule has 1 aliphatic carbocycles. The van der Waals surface area contributed by atoms with Crippen LogP contribution in [0.2, 0.25) is 0 Å². The Morgan fingerprint density at radius 3 is 1.29 bits per heavy atom. The smallest absolute Gasteiger partial charge is 0.207 e. The first-order valence-electron chi connectivity index (χ1n) is 12.7. The predicted molar refractivity (Wildman–Crippen MR) is 138 cm³/mol. The Hall–Kier alpha value is -1.74. The minimum absolute atomic E-state index is 0.328. The number of nitrogens with zero attached hydrogens (tertiary/aromatic N) is 2. The maximum atomic E-state index is 13.4. The summed E-state index contributed by atoms with van der Waals surface area (Å²) in [5.41, 5.74) is 3.86. The van der Waals surface area contributed by atoms with Crippen molar-refractivity contribution in [2.24, 2.45) is 23.7 Å². The maximum absolute atomic E-state index is 13.4. The van der Waals surface area contributed by atoms with Crippen LogP contribution in [-0.2, 0) is 26.5 Å². The lowest BCUT2D eigenvalue weighted by Crippen LogP contribution is -2.42. The third kappa shape index (κ3) is 4.59. The Labute approximate surface area is 210 Å². The van der Waals surface area contributed by atoms with Crippen LogP contribution in [0.5, 0.6) is 0 Å².